The van der Waals surface area contributed by atoms with Crippen LogP contribution in [0.4, 0.5) is 5.69 Å². The molecule has 0 aliphatic rings. The zero-order chi connectivity index (χ0) is 19.2. The van der Waals surface area contributed by atoms with Crippen LogP contribution in [0.1, 0.15) is 12.5 Å². The van der Waals surface area contributed by atoms with Crippen molar-refractivity contribution in [2.75, 3.05) is 12.4 Å². The molecule has 1 atom stereocenters. The molecule has 0 radical (unpaired) electrons. The van der Waals surface area contributed by atoms with Crippen LogP contribution in [0, 0.1) is 11.3 Å². The number of carbonyl (C=O) groups is 1. The van der Waals surface area contributed by atoms with E-state index in [9.17, 15) is 4.79 Å². The Morgan fingerprint density at radius 3 is 2.78 bits per heavy atom. The molecule has 0 saturated carbocycles. The summed E-state index contributed by atoms with van der Waals surface area (Å²) in [4.78, 5) is 16.8. The number of hydrogen-bond acceptors (Lipinski definition) is 6. The van der Waals surface area contributed by atoms with E-state index in [0.717, 1.165) is 11.3 Å². The third-order valence-electron chi connectivity index (χ3n) is 3.74. The number of nitrogens with one attached hydrogen (secondary N) is 2. The van der Waals surface area contributed by atoms with Crippen molar-refractivity contribution in [1.82, 2.24) is 15.2 Å². The summed E-state index contributed by atoms with van der Waals surface area (Å²) in [6.45, 7) is 1.78. The smallest absolute Gasteiger partial charge is 0.237 e. The molecule has 136 valence electrons. The molecule has 0 spiro atoms. The molecule has 0 aliphatic carbocycles. The van der Waals surface area contributed by atoms with Crippen LogP contribution in [-0.4, -0.2) is 33.4 Å². The molecule has 0 saturated heterocycles. The minimum absolute atomic E-state index is 0.189. The molecule has 1 aromatic heterocycles. The first kappa shape index (κ1) is 18.5. The number of anilines is 1. The average Bonchev–Trinajstić information content (AvgIpc) is 3.16. The zero-order valence-corrected chi connectivity index (χ0v) is 15.6. The van der Waals surface area contributed by atoms with Crippen LogP contribution in [0.3, 0.4) is 0 Å². The van der Waals surface area contributed by atoms with Crippen molar-refractivity contribution in [1.29, 1.82) is 5.26 Å². The van der Waals surface area contributed by atoms with Gasteiger partial charge in [-0.1, -0.05) is 17.8 Å². The van der Waals surface area contributed by atoms with Crippen molar-refractivity contribution < 1.29 is 9.53 Å². The summed E-state index contributed by atoms with van der Waals surface area (Å²) in [6.07, 6.45) is 0. The highest BCUT2D eigenvalue weighted by atomic mass is 32.2. The fraction of sp³-hybridized carbons (Fsp3) is 0.158. The second-order valence-electron chi connectivity index (χ2n) is 5.64. The number of methoxy groups -OCH3 is 1. The average molecular weight is 379 g/mol. The van der Waals surface area contributed by atoms with Gasteiger partial charge in [0.15, 0.2) is 5.82 Å². The number of thioether (sulfide) groups is 1. The number of nitriles is 1. The van der Waals surface area contributed by atoms with Crippen molar-refractivity contribution in [2.45, 2.75) is 17.3 Å². The lowest BCUT2D eigenvalue weighted by atomic mass is 10.2. The molecule has 3 rings (SSSR count). The molecule has 0 fully saturated rings. The van der Waals surface area contributed by atoms with E-state index in [2.05, 4.69) is 20.5 Å². The fourth-order valence-corrected chi connectivity index (χ4v) is 3.02. The predicted molar refractivity (Wildman–Crippen MR) is 103 cm³/mol. The van der Waals surface area contributed by atoms with Gasteiger partial charge >= 0.3 is 0 Å². The molecular weight excluding hydrogens is 362 g/mol. The lowest BCUT2D eigenvalue weighted by Crippen LogP contribution is -2.22. The first-order valence-electron chi connectivity index (χ1n) is 8.13. The molecule has 1 heterocycles. The summed E-state index contributed by atoms with van der Waals surface area (Å²) in [5, 5.41) is 18.8. The van der Waals surface area contributed by atoms with Gasteiger partial charge in [-0.15, -0.1) is 5.10 Å². The highest BCUT2D eigenvalue weighted by Crippen LogP contribution is 2.24. The highest BCUT2D eigenvalue weighted by molar-refractivity contribution is 8.00. The third-order valence-corrected chi connectivity index (χ3v) is 4.70. The summed E-state index contributed by atoms with van der Waals surface area (Å²) in [7, 11) is 1.61. The summed E-state index contributed by atoms with van der Waals surface area (Å²) < 4.78 is 5.14. The number of rotatable bonds is 6. The second-order valence-corrected chi connectivity index (χ2v) is 6.94. The molecule has 3 aromatic rings. The Kier molecular flexibility index (Phi) is 5.74. The monoisotopic (exact) mass is 379 g/mol. The maximum Gasteiger partial charge on any atom is 0.237 e. The van der Waals surface area contributed by atoms with Crippen molar-refractivity contribution in [3.8, 4) is 23.2 Å². The molecule has 27 heavy (non-hydrogen) atoms. The predicted octanol–water partition coefficient (Wildman–Crippen LogP) is 3.47. The highest BCUT2D eigenvalue weighted by Gasteiger charge is 2.18. The Labute approximate surface area is 160 Å². The molecule has 8 heteroatoms. The number of hydrogen-bond donors (Lipinski definition) is 2. The largest absolute Gasteiger partial charge is 0.497 e. The number of aromatic nitrogens is 3. The Bertz CT molecular complexity index is 978. The number of carbonyl (C=O) groups excluding carboxylic acids is 1. The van der Waals surface area contributed by atoms with Crippen LogP contribution in [0.5, 0.6) is 5.75 Å². The summed E-state index contributed by atoms with van der Waals surface area (Å²) in [5.74, 6) is 1.19. The minimum Gasteiger partial charge on any atom is -0.497 e. The van der Waals surface area contributed by atoms with Gasteiger partial charge in [0.2, 0.25) is 11.1 Å². The van der Waals surface area contributed by atoms with E-state index in [4.69, 9.17) is 10.00 Å². The Morgan fingerprint density at radius 1 is 1.30 bits per heavy atom. The standard InChI is InChI=1S/C19H17N5O2S/c1-12(18(25)21-15-5-3-4-13(10-15)11-20)27-19-22-17(23-24-19)14-6-8-16(26-2)9-7-14/h3-10,12H,1-2H3,(H,21,25)(H,22,23,24)/t12-/m1/s1. The van der Waals surface area contributed by atoms with Crippen molar-refractivity contribution in [3.63, 3.8) is 0 Å². The van der Waals surface area contributed by atoms with E-state index in [0.29, 0.717) is 22.2 Å². The van der Waals surface area contributed by atoms with Gasteiger partial charge in [0.1, 0.15) is 5.75 Å². The molecule has 0 bridgehead atoms. The van der Waals surface area contributed by atoms with Gasteiger partial charge < -0.3 is 10.1 Å². The SMILES string of the molecule is COc1ccc(-c2nc(S[C@H](C)C(=O)Nc3cccc(C#N)c3)n[nH]2)cc1. The molecule has 2 aromatic carbocycles. The molecular formula is C19H17N5O2S. The van der Waals surface area contributed by atoms with E-state index in [-0.39, 0.29) is 5.91 Å². The first-order valence-corrected chi connectivity index (χ1v) is 9.01. The maximum atomic E-state index is 12.4. The van der Waals surface area contributed by atoms with Crippen LogP contribution in [0.15, 0.2) is 53.7 Å². The van der Waals surface area contributed by atoms with E-state index < -0.39 is 5.25 Å². The zero-order valence-electron chi connectivity index (χ0n) is 14.8. The van der Waals surface area contributed by atoms with E-state index >= 15 is 0 Å². The topological polar surface area (TPSA) is 104 Å². The third kappa shape index (κ3) is 4.65. The van der Waals surface area contributed by atoms with Gasteiger partial charge in [0.05, 0.1) is 24.0 Å². The van der Waals surface area contributed by atoms with E-state index in [1.165, 1.54) is 11.8 Å². The molecule has 0 aliphatic heterocycles. The Hall–Kier alpha value is -3.31. The Balaban J connectivity index is 1.63. The van der Waals surface area contributed by atoms with E-state index in [1.807, 2.05) is 30.3 Å². The van der Waals surface area contributed by atoms with E-state index in [1.54, 1.807) is 38.3 Å². The Morgan fingerprint density at radius 2 is 2.07 bits per heavy atom. The number of ether oxygens (including phenoxy) is 1. The summed E-state index contributed by atoms with van der Waals surface area (Å²) in [5.41, 5.74) is 1.95. The minimum atomic E-state index is -0.407. The number of benzene rings is 2. The normalized spacial score (nSPS) is 11.4. The van der Waals surface area contributed by atoms with Crippen LogP contribution in [0.25, 0.3) is 11.4 Å². The quantitative estimate of drug-likeness (QED) is 0.636. The van der Waals surface area contributed by atoms with Gasteiger partial charge in [0.25, 0.3) is 0 Å². The fourth-order valence-electron chi connectivity index (χ4n) is 2.30. The van der Waals surface area contributed by atoms with Gasteiger partial charge in [-0.05, 0) is 49.4 Å². The van der Waals surface area contributed by atoms with Crippen molar-refractivity contribution in [3.05, 3.63) is 54.1 Å². The lowest BCUT2D eigenvalue weighted by molar-refractivity contribution is -0.115. The first-order chi connectivity index (χ1) is 13.1. The molecule has 1 amide bonds. The van der Waals surface area contributed by atoms with Crippen LogP contribution >= 0.6 is 11.8 Å². The van der Waals surface area contributed by atoms with Crippen molar-refractivity contribution >= 4 is 23.4 Å². The van der Waals surface area contributed by atoms with Crippen LogP contribution in [0.2, 0.25) is 0 Å². The second kappa shape index (κ2) is 8.38. The van der Waals surface area contributed by atoms with Gasteiger partial charge in [-0.2, -0.15) is 5.26 Å². The maximum absolute atomic E-state index is 12.4. The summed E-state index contributed by atoms with van der Waals surface area (Å²) in [6, 6.07) is 16.3. The van der Waals surface area contributed by atoms with Gasteiger partial charge in [-0.3, -0.25) is 9.89 Å². The number of nitrogens with zero attached hydrogens (tertiary/aromatic N) is 3. The number of amides is 1. The molecule has 0 unspecified atom stereocenters. The summed E-state index contributed by atoms with van der Waals surface area (Å²) >= 11 is 1.25. The van der Waals surface area contributed by atoms with Crippen molar-refractivity contribution in [2.24, 2.45) is 0 Å². The number of H-pyrrole nitrogens is 1. The van der Waals surface area contributed by atoms with Gasteiger partial charge in [0, 0.05) is 11.3 Å². The number of aromatic amines is 1. The van der Waals surface area contributed by atoms with Crippen LogP contribution < -0.4 is 10.1 Å². The lowest BCUT2D eigenvalue weighted by Gasteiger charge is -2.10. The van der Waals surface area contributed by atoms with Gasteiger partial charge in [-0.25, -0.2) is 4.98 Å². The molecule has 2 N–H and O–H groups in total. The van der Waals surface area contributed by atoms with Crippen LogP contribution in [-0.2, 0) is 4.79 Å². The molecule has 7 nitrogen and oxygen atoms in total.